The molecule has 30 heavy (non-hydrogen) atoms. The average Bonchev–Trinajstić information content (AvgIpc) is 3.25. The molecule has 1 aromatic heterocycles. The number of nitrogens with one attached hydrogen (secondary N) is 1. The van der Waals surface area contributed by atoms with Crippen LogP contribution in [-0.4, -0.2) is 31.7 Å². The first kappa shape index (κ1) is 19.4. The third-order valence-electron chi connectivity index (χ3n) is 4.84. The molecule has 1 aliphatic rings. The van der Waals surface area contributed by atoms with E-state index >= 15 is 0 Å². The molecule has 2 heterocycles. The van der Waals surface area contributed by atoms with Crippen LogP contribution in [0.2, 0.25) is 0 Å². The van der Waals surface area contributed by atoms with Gasteiger partial charge in [0.15, 0.2) is 17.3 Å². The highest BCUT2D eigenvalue weighted by Crippen LogP contribution is 2.36. The molecule has 1 aliphatic heterocycles. The maximum Gasteiger partial charge on any atom is 0.292 e. The summed E-state index contributed by atoms with van der Waals surface area (Å²) >= 11 is 0. The highest BCUT2D eigenvalue weighted by molar-refractivity contribution is 6.18. The van der Waals surface area contributed by atoms with Crippen LogP contribution in [-0.2, 0) is 0 Å². The van der Waals surface area contributed by atoms with Crippen LogP contribution < -0.4 is 14.8 Å². The number of benzene rings is 2. The molecule has 152 valence electrons. The third kappa shape index (κ3) is 3.69. The normalized spacial score (nSPS) is 15.4. The summed E-state index contributed by atoms with van der Waals surface area (Å²) in [6.45, 7) is 1.91. The maximum atomic E-state index is 12.7. The minimum Gasteiger partial charge on any atom is -0.493 e. The Labute approximate surface area is 174 Å². The van der Waals surface area contributed by atoms with E-state index in [1.54, 1.807) is 26.4 Å². The van der Waals surface area contributed by atoms with Gasteiger partial charge in [0.25, 0.3) is 5.91 Å². The van der Waals surface area contributed by atoms with Crippen LogP contribution in [0.3, 0.4) is 0 Å². The van der Waals surface area contributed by atoms with E-state index in [1.807, 2.05) is 49.4 Å². The van der Waals surface area contributed by atoms with Gasteiger partial charge < -0.3 is 19.2 Å². The zero-order valence-electron chi connectivity index (χ0n) is 16.9. The van der Waals surface area contributed by atoms with E-state index in [0.29, 0.717) is 23.0 Å². The van der Waals surface area contributed by atoms with Crippen LogP contribution in [0.25, 0.3) is 0 Å². The Hall–Kier alpha value is -3.87. The lowest BCUT2D eigenvalue weighted by Gasteiger charge is -2.20. The monoisotopic (exact) mass is 403 g/mol. The third-order valence-corrected chi connectivity index (χ3v) is 4.84. The molecule has 7 heteroatoms. The van der Waals surface area contributed by atoms with Crippen molar-refractivity contribution in [3.05, 3.63) is 72.2 Å². The zero-order valence-corrected chi connectivity index (χ0v) is 16.9. The van der Waals surface area contributed by atoms with Gasteiger partial charge in [0, 0.05) is 5.71 Å². The largest absolute Gasteiger partial charge is 0.493 e. The summed E-state index contributed by atoms with van der Waals surface area (Å²) in [5.41, 5.74) is 3.06. The Morgan fingerprint density at radius 3 is 2.37 bits per heavy atom. The summed E-state index contributed by atoms with van der Waals surface area (Å²) < 4.78 is 16.1. The highest BCUT2D eigenvalue weighted by Gasteiger charge is 2.28. The zero-order chi connectivity index (χ0) is 21.1. The van der Waals surface area contributed by atoms with E-state index in [4.69, 9.17) is 23.9 Å². The van der Waals surface area contributed by atoms with Crippen molar-refractivity contribution >= 4 is 28.8 Å². The molecule has 4 rings (SSSR count). The van der Waals surface area contributed by atoms with Crippen molar-refractivity contribution in [2.45, 2.75) is 12.8 Å². The van der Waals surface area contributed by atoms with E-state index in [2.05, 4.69) is 5.32 Å². The van der Waals surface area contributed by atoms with Gasteiger partial charge in [-0.15, -0.1) is 0 Å². The van der Waals surface area contributed by atoms with Gasteiger partial charge in [0.05, 0.1) is 37.8 Å². The van der Waals surface area contributed by atoms with Crippen molar-refractivity contribution < 1.29 is 18.7 Å². The lowest BCUT2D eigenvalue weighted by molar-refractivity contribution is 0.0949. The molecule has 0 spiro atoms. The van der Waals surface area contributed by atoms with E-state index in [-0.39, 0.29) is 11.7 Å². The van der Waals surface area contributed by atoms with Gasteiger partial charge in [-0.3, -0.25) is 9.79 Å². The number of carbonyl (C=O) groups is 1. The van der Waals surface area contributed by atoms with Crippen LogP contribution in [0.4, 0.5) is 11.4 Å². The fraction of sp³-hybridized carbons (Fsp3) is 0.174. The lowest BCUT2D eigenvalue weighted by atomic mass is 9.92. The summed E-state index contributed by atoms with van der Waals surface area (Å²) in [6, 6.07) is 16.4. The smallest absolute Gasteiger partial charge is 0.292 e. The number of carbonyl (C=O) groups excluding carboxylic acids is 1. The molecule has 0 saturated carbocycles. The fourth-order valence-electron chi connectivity index (χ4n) is 3.42. The van der Waals surface area contributed by atoms with Gasteiger partial charge in [-0.25, -0.2) is 4.99 Å². The predicted molar refractivity (Wildman–Crippen MR) is 115 cm³/mol. The molecule has 1 atom stereocenters. The number of furan rings is 1. The minimum absolute atomic E-state index is 0.205. The topological polar surface area (TPSA) is 85.4 Å². The first-order valence-electron chi connectivity index (χ1n) is 9.40. The molecule has 1 amide bonds. The lowest BCUT2D eigenvalue weighted by Crippen LogP contribution is -2.37. The Morgan fingerprint density at radius 2 is 1.70 bits per heavy atom. The molecule has 0 fully saturated rings. The quantitative estimate of drug-likeness (QED) is 0.687. The van der Waals surface area contributed by atoms with E-state index in [0.717, 1.165) is 17.0 Å². The molecule has 0 unspecified atom stereocenters. The van der Waals surface area contributed by atoms with Crippen LogP contribution in [0.15, 0.2) is 75.3 Å². The molecular weight excluding hydrogens is 382 g/mol. The molecule has 2 aromatic carbocycles. The standard InChI is InChI=1S/C23H21N3O4/c1-14-21(15-10-11-18(28-2)20(13-15)29-3)22(26-23(27)19-9-6-12-30-19)25-17-8-5-4-7-16(17)24-14/h4-13,21H,1-3H3,(H,25,26,27)/t21-/m1/s1. The van der Waals surface area contributed by atoms with Gasteiger partial charge in [-0.2, -0.15) is 0 Å². The summed E-state index contributed by atoms with van der Waals surface area (Å²) in [7, 11) is 3.17. The van der Waals surface area contributed by atoms with Gasteiger partial charge in [0.1, 0.15) is 5.84 Å². The number of nitrogens with zero attached hydrogens (tertiary/aromatic N) is 2. The van der Waals surface area contributed by atoms with Crippen LogP contribution in [0, 0.1) is 0 Å². The van der Waals surface area contributed by atoms with Crippen LogP contribution in [0.1, 0.15) is 29.0 Å². The van der Waals surface area contributed by atoms with Crippen LogP contribution >= 0.6 is 0 Å². The first-order valence-corrected chi connectivity index (χ1v) is 9.40. The molecule has 7 nitrogen and oxygen atoms in total. The molecular formula is C23H21N3O4. The average molecular weight is 403 g/mol. The maximum absolute atomic E-state index is 12.7. The van der Waals surface area contributed by atoms with Crippen molar-refractivity contribution in [3.8, 4) is 11.5 Å². The number of rotatable bonds is 4. The Balaban J connectivity index is 1.82. The predicted octanol–water partition coefficient (Wildman–Crippen LogP) is 4.65. The SMILES string of the molecule is COc1ccc([C@H]2C(C)=Nc3ccccc3N=C2NC(=O)c2ccco2)cc1OC. The van der Waals surface area contributed by atoms with Gasteiger partial charge in [-0.1, -0.05) is 18.2 Å². The number of amidine groups is 1. The second-order valence-corrected chi connectivity index (χ2v) is 6.72. The number of hydrogen-bond donors (Lipinski definition) is 1. The van der Waals surface area contributed by atoms with E-state index in [9.17, 15) is 4.79 Å². The van der Waals surface area contributed by atoms with E-state index < -0.39 is 5.92 Å². The molecule has 0 saturated heterocycles. The summed E-state index contributed by atoms with van der Waals surface area (Å²) in [5.74, 6) is 1.09. The fourth-order valence-corrected chi connectivity index (χ4v) is 3.42. The number of fused-ring (bicyclic) bond motifs is 1. The van der Waals surface area contributed by atoms with Gasteiger partial charge in [0.2, 0.25) is 0 Å². The van der Waals surface area contributed by atoms with Gasteiger partial charge in [-0.05, 0) is 48.9 Å². The molecule has 0 aliphatic carbocycles. The van der Waals surface area contributed by atoms with Crippen molar-refractivity contribution in [2.75, 3.05) is 14.2 Å². The molecule has 0 radical (unpaired) electrons. The molecule has 3 aromatic rings. The second kappa shape index (κ2) is 8.24. The number of ether oxygens (including phenoxy) is 2. The minimum atomic E-state index is -0.392. The number of hydrogen-bond acceptors (Lipinski definition) is 6. The van der Waals surface area contributed by atoms with Crippen LogP contribution in [0.5, 0.6) is 11.5 Å². The van der Waals surface area contributed by atoms with Crippen molar-refractivity contribution in [1.29, 1.82) is 0 Å². The summed E-state index contributed by atoms with van der Waals surface area (Å²) in [4.78, 5) is 22.3. The number of amides is 1. The Morgan fingerprint density at radius 1 is 0.967 bits per heavy atom. The Bertz CT molecular complexity index is 1130. The number of methoxy groups -OCH3 is 2. The second-order valence-electron chi connectivity index (χ2n) is 6.72. The first-order chi connectivity index (χ1) is 14.6. The van der Waals surface area contributed by atoms with Gasteiger partial charge >= 0.3 is 0 Å². The molecule has 0 bridgehead atoms. The van der Waals surface area contributed by atoms with Crippen molar-refractivity contribution in [1.82, 2.24) is 5.32 Å². The molecule has 1 N–H and O–H groups in total. The number of para-hydroxylation sites is 2. The Kier molecular flexibility index (Phi) is 5.34. The van der Waals surface area contributed by atoms with E-state index in [1.165, 1.54) is 6.26 Å². The summed E-state index contributed by atoms with van der Waals surface area (Å²) in [5, 5.41) is 2.91. The highest BCUT2D eigenvalue weighted by atomic mass is 16.5. The van der Waals surface area contributed by atoms with Crippen molar-refractivity contribution in [3.63, 3.8) is 0 Å². The number of aliphatic imine (C=N–C) groups is 2. The summed E-state index contributed by atoms with van der Waals surface area (Å²) in [6.07, 6.45) is 1.46. The van der Waals surface area contributed by atoms with Crippen molar-refractivity contribution in [2.24, 2.45) is 9.98 Å².